The van der Waals surface area contributed by atoms with Crippen LogP contribution in [0.1, 0.15) is 56.9 Å². The van der Waals surface area contributed by atoms with Crippen molar-refractivity contribution in [1.82, 2.24) is 10.2 Å². The molecule has 0 unspecified atom stereocenters. The molecule has 5 nitrogen and oxygen atoms in total. The lowest BCUT2D eigenvalue weighted by Gasteiger charge is -2.38. The number of hydrogen-bond acceptors (Lipinski definition) is 3. The Balaban J connectivity index is 1.63. The molecule has 0 aromatic heterocycles. The highest BCUT2D eigenvalue weighted by Crippen LogP contribution is 2.43. The van der Waals surface area contributed by atoms with E-state index in [-0.39, 0.29) is 30.1 Å². The molecule has 1 aliphatic carbocycles. The number of methoxy groups -OCH3 is 1. The Morgan fingerprint density at radius 1 is 1.04 bits per heavy atom. The second kappa shape index (κ2) is 7.75. The minimum atomic E-state index is -0.310. The van der Waals surface area contributed by atoms with Crippen LogP contribution < -0.4 is 5.32 Å². The van der Waals surface area contributed by atoms with Crippen LogP contribution in [0.3, 0.4) is 0 Å². The predicted molar refractivity (Wildman–Crippen MR) is 104 cm³/mol. The van der Waals surface area contributed by atoms with Gasteiger partial charge in [-0.3, -0.25) is 0 Å². The molecular formula is C22H28N2O3. The molecule has 0 spiro atoms. The topological polar surface area (TPSA) is 58.6 Å². The third-order valence-corrected chi connectivity index (χ3v) is 6.30. The minimum absolute atomic E-state index is 0.0112. The van der Waals surface area contributed by atoms with Crippen LogP contribution in [-0.4, -0.2) is 42.1 Å². The first-order valence-electron chi connectivity index (χ1n) is 10.1. The average molecular weight is 368 g/mol. The van der Waals surface area contributed by atoms with Gasteiger partial charge in [-0.05, 0) is 43.2 Å². The van der Waals surface area contributed by atoms with Crippen molar-refractivity contribution in [3.8, 4) is 0 Å². The van der Waals surface area contributed by atoms with Crippen LogP contribution in [0.15, 0.2) is 35.9 Å². The van der Waals surface area contributed by atoms with Crippen molar-refractivity contribution in [3.63, 3.8) is 0 Å². The Bertz CT molecular complexity index is 737. The van der Waals surface area contributed by atoms with E-state index < -0.39 is 0 Å². The summed E-state index contributed by atoms with van der Waals surface area (Å²) < 4.78 is 5.11. The fraction of sp³-hybridized carbons (Fsp3) is 0.545. The summed E-state index contributed by atoms with van der Waals surface area (Å²) in [5.74, 6) is -0.310. The molecule has 2 amide bonds. The van der Waals surface area contributed by atoms with E-state index >= 15 is 0 Å². The van der Waals surface area contributed by atoms with Gasteiger partial charge in [0.2, 0.25) is 0 Å². The van der Waals surface area contributed by atoms with Crippen LogP contribution in [0.2, 0.25) is 0 Å². The van der Waals surface area contributed by atoms with Crippen molar-refractivity contribution in [3.05, 3.63) is 41.5 Å². The molecule has 2 atom stereocenters. The van der Waals surface area contributed by atoms with Crippen LogP contribution in [0.4, 0.5) is 4.79 Å². The third-order valence-electron chi connectivity index (χ3n) is 6.30. The second-order valence-electron chi connectivity index (χ2n) is 7.89. The SMILES string of the molecule is COC(=O)C1=C(c2ccccc2)C[C@@H]2CC[C@H]1N2C(=O)NC1CCCCC1. The number of nitrogens with zero attached hydrogens (tertiary/aromatic N) is 1. The van der Waals surface area contributed by atoms with Crippen LogP contribution >= 0.6 is 0 Å². The molecule has 2 bridgehead atoms. The molecule has 27 heavy (non-hydrogen) atoms. The molecule has 144 valence electrons. The summed E-state index contributed by atoms with van der Waals surface area (Å²) in [6.07, 6.45) is 8.21. The molecular weight excluding hydrogens is 340 g/mol. The molecule has 1 saturated carbocycles. The molecule has 1 N–H and O–H groups in total. The van der Waals surface area contributed by atoms with E-state index in [4.69, 9.17) is 4.74 Å². The Hall–Kier alpha value is -2.30. The lowest BCUT2D eigenvalue weighted by atomic mass is 9.88. The van der Waals surface area contributed by atoms with Gasteiger partial charge in [0.05, 0.1) is 18.7 Å². The highest BCUT2D eigenvalue weighted by Gasteiger charge is 2.46. The molecule has 2 heterocycles. The maximum atomic E-state index is 13.1. The summed E-state index contributed by atoms with van der Waals surface area (Å²) in [6, 6.07) is 10.3. The van der Waals surface area contributed by atoms with Crippen molar-refractivity contribution in [1.29, 1.82) is 0 Å². The van der Waals surface area contributed by atoms with Crippen molar-refractivity contribution in [2.24, 2.45) is 0 Å². The van der Waals surface area contributed by atoms with Crippen molar-refractivity contribution >= 4 is 17.6 Å². The van der Waals surface area contributed by atoms with Crippen molar-refractivity contribution < 1.29 is 14.3 Å². The highest BCUT2D eigenvalue weighted by molar-refractivity contribution is 6.01. The van der Waals surface area contributed by atoms with Gasteiger partial charge < -0.3 is 15.0 Å². The fourth-order valence-corrected chi connectivity index (χ4v) is 5.00. The molecule has 1 aromatic rings. The second-order valence-corrected chi connectivity index (χ2v) is 7.89. The van der Waals surface area contributed by atoms with Gasteiger partial charge in [-0.2, -0.15) is 0 Å². The first-order valence-corrected chi connectivity index (χ1v) is 10.1. The number of nitrogens with one attached hydrogen (secondary N) is 1. The number of fused-ring (bicyclic) bond motifs is 2. The predicted octanol–water partition coefficient (Wildman–Crippen LogP) is 3.89. The van der Waals surface area contributed by atoms with E-state index in [1.807, 2.05) is 35.2 Å². The number of amides is 2. The Morgan fingerprint density at radius 2 is 1.78 bits per heavy atom. The number of carbonyl (C=O) groups is 2. The maximum absolute atomic E-state index is 13.1. The normalized spacial score (nSPS) is 25.4. The van der Waals surface area contributed by atoms with E-state index in [2.05, 4.69) is 5.32 Å². The summed E-state index contributed by atoms with van der Waals surface area (Å²) in [7, 11) is 1.42. The van der Waals surface area contributed by atoms with Gasteiger partial charge in [0.25, 0.3) is 0 Å². The summed E-state index contributed by atoms with van der Waals surface area (Å²) in [5.41, 5.74) is 2.76. The standard InChI is InChI=1S/C22H28N2O3/c1-27-21(25)20-18(15-8-4-2-5-9-15)14-17-12-13-19(20)24(17)22(26)23-16-10-6-3-7-11-16/h2,4-5,8-9,16-17,19H,3,6-7,10-14H2,1H3,(H,23,26)/t17-,19+/m0/s1. The van der Waals surface area contributed by atoms with E-state index in [0.29, 0.717) is 12.0 Å². The van der Waals surface area contributed by atoms with Gasteiger partial charge >= 0.3 is 12.0 Å². The molecule has 1 saturated heterocycles. The van der Waals surface area contributed by atoms with E-state index in [9.17, 15) is 9.59 Å². The van der Waals surface area contributed by atoms with Gasteiger partial charge in [0, 0.05) is 12.1 Å². The lowest BCUT2D eigenvalue weighted by Crippen LogP contribution is -2.53. The van der Waals surface area contributed by atoms with Gasteiger partial charge in [0.1, 0.15) is 0 Å². The van der Waals surface area contributed by atoms with Gasteiger partial charge in [-0.25, -0.2) is 9.59 Å². The van der Waals surface area contributed by atoms with Crippen LogP contribution in [0.25, 0.3) is 5.57 Å². The summed E-state index contributed by atoms with van der Waals surface area (Å²) in [6.45, 7) is 0. The zero-order valence-corrected chi connectivity index (χ0v) is 15.9. The maximum Gasteiger partial charge on any atom is 0.336 e. The first-order chi connectivity index (χ1) is 13.2. The number of hydrogen-bond donors (Lipinski definition) is 1. The van der Waals surface area contributed by atoms with Gasteiger partial charge in [0.15, 0.2) is 0 Å². The lowest BCUT2D eigenvalue weighted by molar-refractivity contribution is -0.136. The fourth-order valence-electron chi connectivity index (χ4n) is 5.00. The van der Waals surface area contributed by atoms with Gasteiger partial charge in [-0.15, -0.1) is 0 Å². The Kier molecular flexibility index (Phi) is 5.19. The van der Waals surface area contributed by atoms with Gasteiger partial charge in [-0.1, -0.05) is 49.6 Å². The monoisotopic (exact) mass is 368 g/mol. The largest absolute Gasteiger partial charge is 0.466 e. The highest BCUT2D eigenvalue weighted by atomic mass is 16.5. The molecule has 2 fully saturated rings. The number of ether oxygens (including phenoxy) is 1. The van der Waals surface area contributed by atoms with Crippen LogP contribution in [-0.2, 0) is 9.53 Å². The molecule has 0 radical (unpaired) electrons. The number of esters is 1. The molecule has 3 aliphatic rings. The molecule has 5 heteroatoms. The first kappa shape index (κ1) is 18.1. The van der Waals surface area contributed by atoms with Crippen molar-refractivity contribution in [2.75, 3.05) is 7.11 Å². The zero-order valence-electron chi connectivity index (χ0n) is 15.9. The number of rotatable bonds is 3. The minimum Gasteiger partial charge on any atom is -0.466 e. The smallest absolute Gasteiger partial charge is 0.336 e. The summed E-state index contributed by atoms with van der Waals surface area (Å²) >= 11 is 0. The Labute approximate surface area is 160 Å². The molecule has 2 aliphatic heterocycles. The number of urea groups is 1. The third kappa shape index (κ3) is 3.47. The quantitative estimate of drug-likeness (QED) is 0.824. The zero-order chi connectivity index (χ0) is 18.8. The van der Waals surface area contributed by atoms with Crippen LogP contribution in [0, 0.1) is 0 Å². The van der Waals surface area contributed by atoms with E-state index in [1.54, 1.807) is 0 Å². The van der Waals surface area contributed by atoms with Crippen molar-refractivity contribution in [2.45, 2.75) is 69.5 Å². The number of carbonyl (C=O) groups excluding carboxylic acids is 2. The van der Waals surface area contributed by atoms with E-state index in [0.717, 1.165) is 36.8 Å². The van der Waals surface area contributed by atoms with Crippen LogP contribution in [0.5, 0.6) is 0 Å². The Morgan fingerprint density at radius 3 is 2.48 bits per heavy atom. The molecule has 1 aromatic carbocycles. The van der Waals surface area contributed by atoms with E-state index in [1.165, 1.54) is 26.4 Å². The summed E-state index contributed by atoms with van der Waals surface area (Å²) in [4.78, 5) is 27.6. The molecule has 4 rings (SSSR count). The number of benzene rings is 1. The average Bonchev–Trinajstić information content (AvgIpc) is 3.02. The summed E-state index contributed by atoms with van der Waals surface area (Å²) in [5, 5.41) is 3.23.